The molecule has 1 amide bonds. The van der Waals surface area contributed by atoms with Crippen LogP contribution in [0.25, 0.3) is 0 Å². The number of carbonyl (C=O) groups is 1. The van der Waals surface area contributed by atoms with Gasteiger partial charge in [0.2, 0.25) is 5.91 Å². The summed E-state index contributed by atoms with van der Waals surface area (Å²) in [5.41, 5.74) is 2.98. The molecule has 1 N–H and O–H groups in total. The molecule has 3 bridgehead atoms. The highest BCUT2D eigenvalue weighted by molar-refractivity contribution is 5.91. The minimum atomic E-state index is 0.151. The van der Waals surface area contributed by atoms with E-state index in [0.717, 1.165) is 40.5 Å². The van der Waals surface area contributed by atoms with E-state index >= 15 is 0 Å². The molecule has 2 heterocycles. The maximum Gasteiger partial charge on any atom is 0.225 e. The first kappa shape index (κ1) is 17.0. The van der Waals surface area contributed by atoms with E-state index in [2.05, 4.69) is 15.6 Å². The summed E-state index contributed by atoms with van der Waals surface area (Å²) < 4.78 is 7.04. The van der Waals surface area contributed by atoms with E-state index in [4.69, 9.17) is 4.52 Å². The van der Waals surface area contributed by atoms with Crippen molar-refractivity contribution >= 4 is 11.6 Å². The molecule has 6 heteroatoms. The summed E-state index contributed by atoms with van der Waals surface area (Å²) in [6.45, 7) is 4.45. The lowest BCUT2D eigenvalue weighted by Crippen LogP contribution is -2.35. The Morgan fingerprint density at radius 1 is 1.33 bits per heavy atom. The average molecular weight is 368 g/mol. The Balaban J connectivity index is 1.24. The minimum Gasteiger partial charge on any atom is -0.361 e. The molecule has 5 rings (SSSR count). The second-order valence-electron chi connectivity index (χ2n) is 9.20. The summed E-state index contributed by atoms with van der Waals surface area (Å²) in [7, 11) is 0. The van der Waals surface area contributed by atoms with Gasteiger partial charge < -0.3 is 9.84 Å². The zero-order chi connectivity index (χ0) is 18.6. The van der Waals surface area contributed by atoms with Crippen molar-refractivity contribution in [3.8, 4) is 0 Å². The lowest BCUT2D eigenvalue weighted by atomic mass is 9.63. The summed E-state index contributed by atoms with van der Waals surface area (Å²) in [6, 6.07) is 0. The Labute approximate surface area is 159 Å². The lowest BCUT2D eigenvalue weighted by molar-refractivity contribution is -0.119. The highest BCUT2D eigenvalue weighted by atomic mass is 16.5. The summed E-state index contributed by atoms with van der Waals surface area (Å²) in [4.78, 5) is 12.8. The van der Waals surface area contributed by atoms with E-state index in [-0.39, 0.29) is 11.3 Å². The number of hydrogen-bond donors (Lipinski definition) is 1. The monoisotopic (exact) mass is 368 g/mol. The molecule has 3 fully saturated rings. The molecule has 3 saturated carbocycles. The third-order valence-electron chi connectivity index (χ3n) is 7.45. The van der Waals surface area contributed by atoms with Crippen molar-refractivity contribution in [1.29, 1.82) is 0 Å². The molecule has 0 spiro atoms. The molecular weight excluding hydrogens is 340 g/mol. The fourth-order valence-electron chi connectivity index (χ4n) is 6.24. The van der Waals surface area contributed by atoms with Gasteiger partial charge in [-0.1, -0.05) is 5.16 Å². The first-order chi connectivity index (χ1) is 13.0. The third-order valence-corrected chi connectivity index (χ3v) is 7.45. The topological polar surface area (TPSA) is 73.0 Å². The number of aryl methyl sites for hydroxylation is 2. The summed E-state index contributed by atoms with van der Waals surface area (Å²) in [5, 5.41) is 11.5. The molecule has 144 valence electrons. The predicted molar refractivity (Wildman–Crippen MR) is 101 cm³/mol. The highest BCUT2D eigenvalue weighted by Gasteiger charge is 2.54. The van der Waals surface area contributed by atoms with Gasteiger partial charge in [0.15, 0.2) is 0 Å². The molecule has 6 nitrogen and oxygen atoms in total. The standard InChI is InChI=1S/C21H28N4O2/c1-13-19(14(2)27-24-13)12-25-11-18(10-22-25)23-20(26)9-21-4-3-15-5-16(8-21)7-17(21)6-15/h10-11,15-17H,3-9,12H2,1-2H3,(H,23,26)/t15?,16?,17?,21-/m0/s1. The number of aromatic nitrogens is 3. The van der Waals surface area contributed by atoms with Gasteiger partial charge in [-0.3, -0.25) is 9.48 Å². The summed E-state index contributed by atoms with van der Waals surface area (Å²) >= 11 is 0. The van der Waals surface area contributed by atoms with Crippen LogP contribution in [-0.4, -0.2) is 20.8 Å². The van der Waals surface area contributed by atoms with Crippen LogP contribution in [0.1, 0.15) is 62.0 Å². The second-order valence-corrected chi connectivity index (χ2v) is 9.20. The van der Waals surface area contributed by atoms with Crippen molar-refractivity contribution in [3.63, 3.8) is 0 Å². The largest absolute Gasteiger partial charge is 0.361 e. The van der Waals surface area contributed by atoms with Crippen molar-refractivity contribution in [3.05, 3.63) is 29.4 Å². The van der Waals surface area contributed by atoms with Crippen LogP contribution < -0.4 is 5.32 Å². The van der Waals surface area contributed by atoms with Crippen LogP contribution in [0.5, 0.6) is 0 Å². The molecule has 3 aliphatic rings. The van der Waals surface area contributed by atoms with E-state index in [0.29, 0.717) is 13.0 Å². The maximum atomic E-state index is 12.8. The van der Waals surface area contributed by atoms with Crippen molar-refractivity contribution in [1.82, 2.24) is 14.9 Å². The van der Waals surface area contributed by atoms with Crippen LogP contribution in [0.4, 0.5) is 5.69 Å². The second kappa shape index (κ2) is 6.21. The van der Waals surface area contributed by atoms with Gasteiger partial charge in [-0.2, -0.15) is 5.10 Å². The smallest absolute Gasteiger partial charge is 0.225 e. The van der Waals surface area contributed by atoms with Crippen molar-refractivity contribution in [2.75, 3.05) is 5.32 Å². The quantitative estimate of drug-likeness (QED) is 0.863. The number of amides is 1. The van der Waals surface area contributed by atoms with Gasteiger partial charge in [-0.05, 0) is 75.5 Å². The number of nitrogens with one attached hydrogen (secondary N) is 1. The molecule has 2 aromatic rings. The normalized spacial score (nSPS) is 31.4. The van der Waals surface area contributed by atoms with Crippen LogP contribution in [-0.2, 0) is 11.3 Å². The van der Waals surface area contributed by atoms with Gasteiger partial charge in [-0.25, -0.2) is 0 Å². The Kier molecular flexibility index (Phi) is 3.92. The molecule has 3 unspecified atom stereocenters. The Hall–Kier alpha value is -2.11. The van der Waals surface area contributed by atoms with Gasteiger partial charge in [0, 0.05) is 18.2 Å². The number of nitrogens with zero attached hydrogens (tertiary/aromatic N) is 3. The van der Waals surface area contributed by atoms with Crippen LogP contribution in [0.15, 0.2) is 16.9 Å². The van der Waals surface area contributed by atoms with Gasteiger partial charge >= 0.3 is 0 Å². The number of carbonyl (C=O) groups excluding carboxylic acids is 1. The lowest BCUT2D eigenvalue weighted by Gasteiger charge is -2.42. The molecule has 0 aliphatic heterocycles. The molecule has 0 aromatic carbocycles. The maximum absolute atomic E-state index is 12.8. The van der Waals surface area contributed by atoms with Crippen LogP contribution >= 0.6 is 0 Å². The van der Waals surface area contributed by atoms with E-state index in [9.17, 15) is 4.79 Å². The van der Waals surface area contributed by atoms with E-state index in [1.165, 1.54) is 38.5 Å². The third kappa shape index (κ3) is 2.99. The van der Waals surface area contributed by atoms with Gasteiger partial charge in [0.25, 0.3) is 0 Å². The molecule has 0 saturated heterocycles. The van der Waals surface area contributed by atoms with E-state index in [1.54, 1.807) is 6.20 Å². The number of hydrogen-bond acceptors (Lipinski definition) is 4. The van der Waals surface area contributed by atoms with Crippen molar-refractivity contribution < 1.29 is 9.32 Å². The first-order valence-corrected chi connectivity index (χ1v) is 10.2. The van der Waals surface area contributed by atoms with E-state index < -0.39 is 0 Å². The Morgan fingerprint density at radius 2 is 2.19 bits per heavy atom. The number of anilines is 1. The van der Waals surface area contributed by atoms with Crippen molar-refractivity contribution in [2.45, 2.75) is 65.3 Å². The van der Waals surface area contributed by atoms with E-state index in [1.807, 2.05) is 24.7 Å². The predicted octanol–water partition coefficient (Wildman–Crippen LogP) is 4.08. The Bertz CT molecular complexity index is 850. The zero-order valence-electron chi connectivity index (χ0n) is 16.2. The molecule has 27 heavy (non-hydrogen) atoms. The van der Waals surface area contributed by atoms with Crippen LogP contribution in [0, 0.1) is 37.0 Å². The Morgan fingerprint density at radius 3 is 3.00 bits per heavy atom. The van der Waals surface area contributed by atoms with Crippen molar-refractivity contribution in [2.24, 2.45) is 23.2 Å². The van der Waals surface area contributed by atoms with Crippen LogP contribution in [0.2, 0.25) is 0 Å². The number of rotatable bonds is 5. The molecule has 0 radical (unpaired) electrons. The first-order valence-electron chi connectivity index (χ1n) is 10.2. The van der Waals surface area contributed by atoms with Gasteiger partial charge in [-0.15, -0.1) is 0 Å². The zero-order valence-corrected chi connectivity index (χ0v) is 16.2. The molecular formula is C21H28N4O2. The molecule has 3 aliphatic carbocycles. The van der Waals surface area contributed by atoms with Gasteiger partial charge in [0.05, 0.1) is 24.1 Å². The molecule has 2 aromatic heterocycles. The fourth-order valence-corrected chi connectivity index (χ4v) is 6.24. The number of fused-ring (bicyclic) bond motifs is 2. The minimum absolute atomic E-state index is 0.151. The average Bonchev–Trinajstić information content (AvgIpc) is 3.24. The summed E-state index contributed by atoms with van der Waals surface area (Å²) in [6.07, 6.45) is 12.3. The fraction of sp³-hybridized carbons (Fsp3) is 0.667. The van der Waals surface area contributed by atoms with Crippen LogP contribution in [0.3, 0.4) is 0 Å². The SMILES string of the molecule is Cc1noc(C)c1Cn1cc(NC(=O)C[C@@]23CCC4CC(CC2C4)C3)cn1. The molecule has 4 atom stereocenters. The van der Waals surface area contributed by atoms with Gasteiger partial charge in [0.1, 0.15) is 5.76 Å². The highest BCUT2D eigenvalue weighted by Crippen LogP contribution is 2.63. The summed E-state index contributed by atoms with van der Waals surface area (Å²) in [5.74, 6) is 3.56.